The van der Waals surface area contributed by atoms with Crippen LogP contribution in [0, 0.1) is 0 Å². The molecule has 2 aliphatic heterocycles. The van der Waals surface area contributed by atoms with E-state index < -0.39 is 10.0 Å². The molecule has 0 spiro atoms. The summed E-state index contributed by atoms with van der Waals surface area (Å²) >= 11 is 0. The number of imidazole rings is 1. The Labute approximate surface area is 137 Å². The number of rotatable bonds is 4. The van der Waals surface area contributed by atoms with Crippen LogP contribution in [0.2, 0.25) is 0 Å². The van der Waals surface area contributed by atoms with E-state index in [-0.39, 0.29) is 17.5 Å². The van der Waals surface area contributed by atoms with Gasteiger partial charge in [-0.2, -0.15) is 4.31 Å². The zero-order valence-corrected chi connectivity index (χ0v) is 14.2. The van der Waals surface area contributed by atoms with E-state index in [1.165, 1.54) is 29.7 Å². The van der Waals surface area contributed by atoms with Gasteiger partial charge in [-0.05, 0) is 25.7 Å². The van der Waals surface area contributed by atoms with E-state index in [0.29, 0.717) is 13.1 Å². The molecule has 1 aromatic heterocycles. The summed E-state index contributed by atoms with van der Waals surface area (Å²) in [6, 6.07) is 0. The third-order valence-electron chi connectivity index (χ3n) is 4.56. The van der Waals surface area contributed by atoms with E-state index >= 15 is 0 Å². The molecular weight excluding hydrogens is 316 g/mol. The largest absolute Gasteiger partial charge is 0.341 e. The van der Waals surface area contributed by atoms with Gasteiger partial charge >= 0.3 is 0 Å². The Kier molecular flexibility index (Phi) is 5.01. The van der Waals surface area contributed by atoms with Crippen LogP contribution in [0.1, 0.15) is 38.5 Å². The maximum atomic E-state index is 12.4. The molecule has 0 atom stereocenters. The zero-order chi connectivity index (χ0) is 16.3. The molecule has 0 bridgehead atoms. The monoisotopic (exact) mass is 340 g/mol. The summed E-state index contributed by atoms with van der Waals surface area (Å²) in [6.45, 7) is 2.87. The van der Waals surface area contributed by atoms with Gasteiger partial charge in [0.25, 0.3) is 10.0 Å². The van der Waals surface area contributed by atoms with Crippen molar-refractivity contribution >= 4 is 15.9 Å². The number of carbonyl (C=O) groups excluding carboxylic acids is 1. The van der Waals surface area contributed by atoms with Crippen molar-refractivity contribution in [3.63, 3.8) is 0 Å². The predicted molar refractivity (Wildman–Crippen MR) is 85.3 cm³/mol. The third-order valence-corrected chi connectivity index (χ3v) is 6.34. The van der Waals surface area contributed by atoms with Crippen LogP contribution in [0.4, 0.5) is 0 Å². The summed E-state index contributed by atoms with van der Waals surface area (Å²) in [6.07, 6.45) is 9.15. The van der Waals surface area contributed by atoms with Crippen molar-refractivity contribution in [3.8, 4) is 0 Å². The van der Waals surface area contributed by atoms with Crippen LogP contribution < -0.4 is 0 Å². The predicted octanol–water partition coefficient (Wildman–Crippen LogP) is 1.07. The van der Waals surface area contributed by atoms with Gasteiger partial charge in [0.2, 0.25) is 5.91 Å². The first kappa shape index (κ1) is 16.4. The zero-order valence-electron chi connectivity index (χ0n) is 13.4. The minimum Gasteiger partial charge on any atom is -0.341 e. The Morgan fingerprint density at radius 1 is 1.00 bits per heavy atom. The van der Waals surface area contributed by atoms with Gasteiger partial charge in [-0.15, -0.1) is 0 Å². The fraction of sp³-hybridized carbons (Fsp3) is 0.733. The molecular formula is C15H24N4O3S. The smallest absolute Gasteiger partial charge is 0.262 e. The molecule has 128 valence electrons. The molecule has 1 amide bonds. The number of amides is 1. The highest BCUT2D eigenvalue weighted by atomic mass is 32.2. The second-order valence-electron chi connectivity index (χ2n) is 6.29. The van der Waals surface area contributed by atoms with Crippen molar-refractivity contribution in [1.29, 1.82) is 0 Å². The molecule has 3 heterocycles. The first-order chi connectivity index (χ1) is 11.1. The van der Waals surface area contributed by atoms with Gasteiger partial charge in [0.15, 0.2) is 5.03 Å². The van der Waals surface area contributed by atoms with Crippen molar-refractivity contribution in [3.05, 3.63) is 12.5 Å². The molecule has 2 saturated heterocycles. The Morgan fingerprint density at radius 2 is 1.61 bits per heavy atom. The van der Waals surface area contributed by atoms with Crippen molar-refractivity contribution in [2.75, 3.05) is 26.2 Å². The highest BCUT2D eigenvalue weighted by molar-refractivity contribution is 7.89. The van der Waals surface area contributed by atoms with Gasteiger partial charge < -0.3 is 9.47 Å². The van der Waals surface area contributed by atoms with Gasteiger partial charge in [-0.1, -0.05) is 12.8 Å². The quantitative estimate of drug-likeness (QED) is 0.822. The molecule has 0 radical (unpaired) electrons. The number of carbonyl (C=O) groups is 1. The molecule has 1 aromatic rings. The van der Waals surface area contributed by atoms with Crippen LogP contribution in [0.3, 0.4) is 0 Å². The first-order valence-corrected chi connectivity index (χ1v) is 9.81. The average Bonchev–Trinajstić information content (AvgIpc) is 3.15. The molecule has 0 saturated carbocycles. The summed E-state index contributed by atoms with van der Waals surface area (Å²) in [7, 11) is -3.51. The SMILES string of the molecule is O=C(Cn1cnc(S(=O)(=O)N2CCCC2)c1)N1CCCCCC1. The van der Waals surface area contributed by atoms with Crippen molar-refractivity contribution < 1.29 is 13.2 Å². The maximum absolute atomic E-state index is 12.4. The topological polar surface area (TPSA) is 75.5 Å². The fourth-order valence-electron chi connectivity index (χ4n) is 3.20. The number of nitrogens with zero attached hydrogens (tertiary/aromatic N) is 4. The molecule has 2 aliphatic rings. The molecule has 0 unspecified atom stereocenters. The van der Waals surface area contributed by atoms with Crippen molar-refractivity contribution in [2.45, 2.75) is 50.1 Å². The Bertz CT molecular complexity index is 641. The third kappa shape index (κ3) is 3.74. The Balaban J connectivity index is 1.65. The van der Waals surface area contributed by atoms with E-state index in [1.807, 2.05) is 4.90 Å². The van der Waals surface area contributed by atoms with Crippen LogP contribution in [-0.2, 0) is 21.4 Å². The van der Waals surface area contributed by atoms with Gasteiger partial charge in [-0.25, -0.2) is 13.4 Å². The van der Waals surface area contributed by atoms with E-state index in [4.69, 9.17) is 0 Å². The van der Waals surface area contributed by atoms with Gasteiger partial charge in [0.1, 0.15) is 6.54 Å². The molecule has 0 aromatic carbocycles. The van der Waals surface area contributed by atoms with E-state index in [9.17, 15) is 13.2 Å². The molecule has 0 aliphatic carbocycles. The minimum absolute atomic E-state index is 0.0365. The molecule has 0 N–H and O–H groups in total. The van der Waals surface area contributed by atoms with E-state index in [0.717, 1.165) is 38.8 Å². The van der Waals surface area contributed by atoms with Gasteiger partial charge in [-0.3, -0.25) is 4.79 Å². The highest BCUT2D eigenvalue weighted by Crippen LogP contribution is 2.19. The van der Waals surface area contributed by atoms with Gasteiger partial charge in [0, 0.05) is 32.4 Å². The number of hydrogen-bond acceptors (Lipinski definition) is 4. The standard InChI is InChI=1S/C15H24N4O3S/c20-15(18-7-3-1-2-4-8-18)12-17-11-14(16-13-17)23(21,22)19-9-5-6-10-19/h11,13H,1-10,12H2. The lowest BCUT2D eigenvalue weighted by molar-refractivity contribution is -0.131. The van der Waals surface area contributed by atoms with Crippen LogP contribution in [0.5, 0.6) is 0 Å². The highest BCUT2D eigenvalue weighted by Gasteiger charge is 2.29. The summed E-state index contributed by atoms with van der Waals surface area (Å²) in [5, 5.41) is 0.0445. The van der Waals surface area contributed by atoms with Crippen LogP contribution in [0.25, 0.3) is 0 Å². The molecule has 7 nitrogen and oxygen atoms in total. The lowest BCUT2D eigenvalue weighted by atomic mass is 10.2. The van der Waals surface area contributed by atoms with Crippen molar-refractivity contribution in [2.24, 2.45) is 0 Å². The van der Waals surface area contributed by atoms with E-state index in [2.05, 4.69) is 4.98 Å². The number of aromatic nitrogens is 2. The lowest BCUT2D eigenvalue weighted by Gasteiger charge is -2.20. The summed E-state index contributed by atoms with van der Waals surface area (Å²) in [4.78, 5) is 18.2. The summed E-state index contributed by atoms with van der Waals surface area (Å²) in [5.41, 5.74) is 0. The van der Waals surface area contributed by atoms with Crippen molar-refractivity contribution in [1.82, 2.24) is 18.8 Å². The maximum Gasteiger partial charge on any atom is 0.262 e. The number of likely N-dealkylation sites (tertiary alicyclic amines) is 1. The number of hydrogen-bond donors (Lipinski definition) is 0. The van der Waals surface area contributed by atoms with Crippen LogP contribution >= 0.6 is 0 Å². The Hall–Kier alpha value is -1.41. The van der Waals surface area contributed by atoms with E-state index in [1.54, 1.807) is 4.57 Å². The second kappa shape index (κ2) is 7.00. The summed E-state index contributed by atoms with van der Waals surface area (Å²) < 4.78 is 27.9. The Morgan fingerprint density at radius 3 is 2.26 bits per heavy atom. The average molecular weight is 340 g/mol. The lowest BCUT2D eigenvalue weighted by Crippen LogP contribution is -2.34. The minimum atomic E-state index is -3.51. The van der Waals surface area contributed by atoms with Gasteiger partial charge in [0.05, 0.1) is 6.33 Å². The normalized spacial score (nSPS) is 20.6. The summed E-state index contributed by atoms with van der Waals surface area (Å²) in [5.74, 6) is 0.0365. The molecule has 2 fully saturated rings. The molecule has 8 heteroatoms. The molecule has 3 rings (SSSR count). The van der Waals surface area contributed by atoms with Crippen LogP contribution in [0.15, 0.2) is 17.6 Å². The fourth-order valence-corrected chi connectivity index (χ4v) is 4.65. The van der Waals surface area contributed by atoms with Crippen LogP contribution in [-0.4, -0.2) is 59.3 Å². The first-order valence-electron chi connectivity index (χ1n) is 8.37. The second-order valence-corrected chi connectivity index (χ2v) is 8.18. The molecule has 23 heavy (non-hydrogen) atoms. The number of sulfonamides is 1.